The Morgan fingerprint density at radius 2 is 1.79 bits per heavy atom. The van der Waals surface area contributed by atoms with Crippen LogP contribution in [0.1, 0.15) is 25.0 Å². The molecule has 2 aromatic carbocycles. The average Bonchev–Trinajstić information content (AvgIpc) is 3.07. The molecule has 3 aromatic rings. The Labute approximate surface area is 169 Å². The molecule has 0 radical (unpaired) electrons. The SMILES string of the molecule is CCn1c(SC(C)C(=O)Nc2c(C)cccc2C)nnc1-c1ccc(O)cc1. The van der Waals surface area contributed by atoms with Crippen LogP contribution < -0.4 is 5.32 Å². The molecular weight excluding hydrogens is 372 g/mol. The molecule has 6 nitrogen and oxygen atoms in total. The number of carbonyl (C=O) groups is 1. The summed E-state index contributed by atoms with van der Waals surface area (Å²) in [6.07, 6.45) is 0. The van der Waals surface area contributed by atoms with Crippen molar-refractivity contribution in [2.75, 3.05) is 5.32 Å². The van der Waals surface area contributed by atoms with Crippen molar-refractivity contribution in [2.24, 2.45) is 0 Å². The molecule has 0 spiro atoms. The standard InChI is InChI=1S/C21H24N4O2S/c1-5-25-19(16-9-11-17(26)12-10-16)23-24-21(25)28-15(4)20(27)22-18-13(2)7-6-8-14(18)3/h6-12,15,26H,5H2,1-4H3,(H,22,27). The second-order valence-corrected chi connectivity index (χ2v) is 7.92. The van der Waals surface area contributed by atoms with Gasteiger partial charge in [0.15, 0.2) is 11.0 Å². The van der Waals surface area contributed by atoms with Gasteiger partial charge in [-0.3, -0.25) is 4.79 Å². The molecule has 1 atom stereocenters. The highest BCUT2D eigenvalue weighted by atomic mass is 32.2. The highest BCUT2D eigenvalue weighted by molar-refractivity contribution is 8.00. The Hall–Kier alpha value is -2.80. The van der Waals surface area contributed by atoms with E-state index < -0.39 is 0 Å². The molecular formula is C21H24N4O2S. The van der Waals surface area contributed by atoms with Crippen molar-refractivity contribution in [1.29, 1.82) is 0 Å². The second kappa shape index (κ2) is 8.48. The Kier molecular flexibility index (Phi) is 6.04. The third kappa shape index (κ3) is 4.20. The topological polar surface area (TPSA) is 80.0 Å². The molecule has 0 saturated carbocycles. The summed E-state index contributed by atoms with van der Waals surface area (Å²) >= 11 is 1.38. The second-order valence-electron chi connectivity index (χ2n) is 6.61. The lowest BCUT2D eigenvalue weighted by atomic mass is 10.1. The predicted molar refractivity (Wildman–Crippen MR) is 113 cm³/mol. The number of phenolic OH excluding ortho intramolecular Hbond substituents is 1. The summed E-state index contributed by atoms with van der Waals surface area (Å²) in [5.41, 5.74) is 3.81. The van der Waals surface area contributed by atoms with E-state index in [9.17, 15) is 9.90 Å². The Morgan fingerprint density at radius 3 is 2.39 bits per heavy atom. The van der Waals surface area contributed by atoms with Crippen molar-refractivity contribution in [2.45, 2.75) is 44.6 Å². The number of aryl methyl sites for hydroxylation is 2. The van der Waals surface area contributed by atoms with Crippen molar-refractivity contribution in [3.8, 4) is 17.1 Å². The normalized spacial score (nSPS) is 12.0. The average molecular weight is 397 g/mol. The zero-order chi connectivity index (χ0) is 20.3. The van der Waals surface area contributed by atoms with Gasteiger partial charge in [-0.1, -0.05) is 30.0 Å². The number of phenols is 1. The van der Waals surface area contributed by atoms with Crippen LogP contribution in [-0.4, -0.2) is 31.0 Å². The molecule has 7 heteroatoms. The van der Waals surface area contributed by atoms with Gasteiger partial charge in [0.2, 0.25) is 5.91 Å². The Balaban J connectivity index is 1.77. The molecule has 1 aromatic heterocycles. The summed E-state index contributed by atoms with van der Waals surface area (Å²) in [6.45, 7) is 8.52. The number of nitrogens with one attached hydrogen (secondary N) is 1. The lowest BCUT2D eigenvalue weighted by molar-refractivity contribution is -0.115. The summed E-state index contributed by atoms with van der Waals surface area (Å²) in [4.78, 5) is 12.7. The van der Waals surface area contributed by atoms with Crippen LogP contribution in [0.15, 0.2) is 47.6 Å². The predicted octanol–water partition coefficient (Wildman–Crippen LogP) is 4.41. The number of hydrogen-bond acceptors (Lipinski definition) is 5. The first kappa shape index (κ1) is 19.9. The molecule has 1 heterocycles. The molecule has 2 N–H and O–H groups in total. The van der Waals surface area contributed by atoms with E-state index in [4.69, 9.17) is 0 Å². The highest BCUT2D eigenvalue weighted by Gasteiger charge is 2.21. The fourth-order valence-electron chi connectivity index (χ4n) is 2.93. The van der Waals surface area contributed by atoms with Gasteiger partial charge in [-0.25, -0.2) is 0 Å². The van der Waals surface area contributed by atoms with E-state index in [1.165, 1.54) is 11.8 Å². The van der Waals surface area contributed by atoms with E-state index >= 15 is 0 Å². The van der Waals surface area contributed by atoms with Gasteiger partial charge >= 0.3 is 0 Å². The maximum atomic E-state index is 12.7. The molecule has 0 saturated heterocycles. The van der Waals surface area contributed by atoms with Gasteiger partial charge in [0.05, 0.1) is 5.25 Å². The molecule has 28 heavy (non-hydrogen) atoms. The summed E-state index contributed by atoms with van der Waals surface area (Å²) in [7, 11) is 0. The molecule has 0 fully saturated rings. The molecule has 3 rings (SSSR count). The van der Waals surface area contributed by atoms with E-state index in [0.29, 0.717) is 17.5 Å². The summed E-state index contributed by atoms with van der Waals surface area (Å²) < 4.78 is 1.97. The van der Waals surface area contributed by atoms with Gasteiger partial charge in [-0.05, 0) is 63.1 Å². The molecule has 1 unspecified atom stereocenters. The molecule has 1 amide bonds. The first-order valence-electron chi connectivity index (χ1n) is 9.17. The largest absolute Gasteiger partial charge is 0.508 e. The van der Waals surface area contributed by atoms with Gasteiger partial charge in [0.25, 0.3) is 0 Å². The summed E-state index contributed by atoms with van der Waals surface area (Å²) in [6, 6.07) is 12.8. The monoisotopic (exact) mass is 396 g/mol. The van der Waals surface area contributed by atoms with Crippen molar-refractivity contribution >= 4 is 23.4 Å². The number of amides is 1. The number of benzene rings is 2. The molecule has 146 valence electrons. The minimum absolute atomic E-state index is 0.0702. The van der Waals surface area contributed by atoms with Gasteiger partial charge in [0.1, 0.15) is 5.75 Å². The van der Waals surface area contributed by atoms with Crippen LogP contribution in [0, 0.1) is 13.8 Å². The number of thioether (sulfide) groups is 1. The number of aromatic nitrogens is 3. The minimum atomic E-state index is -0.332. The molecule has 0 aliphatic carbocycles. The number of nitrogens with zero attached hydrogens (tertiary/aromatic N) is 3. The lowest BCUT2D eigenvalue weighted by Crippen LogP contribution is -2.23. The number of aromatic hydroxyl groups is 1. The van der Waals surface area contributed by atoms with Crippen LogP contribution in [0.3, 0.4) is 0 Å². The van der Waals surface area contributed by atoms with E-state index in [1.54, 1.807) is 24.3 Å². The van der Waals surface area contributed by atoms with E-state index in [0.717, 1.165) is 22.4 Å². The van der Waals surface area contributed by atoms with Crippen LogP contribution in [0.2, 0.25) is 0 Å². The molecule has 0 aliphatic rings. The zero-order valence-electron chi connectivity index (χ0n) is 16.4. The number of rotatable bonds is 6. The highest BCUT2D eigenvalue weighted by Crippen LogP contribution is 2.29. The maximum absolute atomic E-state index is 12.7. The maximum Gasteiger partial charge on any atom is 0.237 e. The van der Waals surface area contributed by atoms with Crippen LogP contribution >= 0.6 is 11.8 Å². The minimum Gasteiger partial charge on any atom is -0.508 e. The zero-order valence-corrected chi connectivity index (χ0v) is 17.2. The van der Waals surface area contributed by atoms with Crippen molar-refractivity contribution in [3.05, 3.63) is 53.6 Å². The van der Waals surface area contributed by atoms with Crippen LogP contribution in [-0.2, 0) is 11.3 Å². The smallest absolute Gasteiger partial charge is 0.237 e. The quantitative estimate of drug-likeness (QED) is 0.604. The number of anilines is 1. The van der Waals surface area contributed by atoms with Gasteiger partial charge in [-0.15, -0.1) is 10.2 Å². The van der Waals surface area contributed by atoms with Gasteiger partial charge in [-0.2, -0.15) is 0 Å². The van der Waals surface area contributed by atoms with Crippen molar-refractivity contribution in [3.63, 3.8) is 0 Å². The van der Waals surface area contributed by atoms with E-state index in [-0.39, 0.29) is 16.9 Å². The first-order chi connectivity index (χ1) is 13.4. The lowest BCUT2D eigenvalue weighted by Gasteiger charge is -2.15. The Bertz CT molecular complexity index is 962. The molecule has 0 bridgehead atoms. The number of para-hydroxylation sites is 1. The Morgan fingerprint density at radius 1 is 1.14 bits per heavy atom. The first-order valence-corrected chi connectivity index (χ1v) is 10.0. The van der Waals surface area contributed by atoms with Crippen LogP contribution in [0.5, 0.6) is 5.75 Å². The third-order valence-electron chi connectivity index (χ3n) is 4.54. The van der Waals surface area contributed by atoms with Crippen LogP contribution in [0.4, 0.5) is 5.69 Å². The number of hydrogen-bond donors (Lipinski definition) is 2. The summed E-state index contributed by atoms with van der Waals surface area (Å²) in [5, 5.41) is 21.5. The van der Waals surface area contributed by atoms with Gasteiger partial charge in [0, 0.05) is 17.8 Å². The van der Waals surface area contributed by atoms with E-state index in [2.05, 4.69) is 15.5 Å². The fourth-order valence-corrected chi connectivity index (χ4v) is 3.85. The van der Waals surface area contributed by atoms with Gasteiger partial charge < -0.3 is 15.0 Å². The van der Waals surface area contributed by atoms with E-state index in [1.807, 2.05) is 50.5 Å². The third-order valence-corrected chi connectivity index (χ3v) is 5.62. The number of carbonyl (C=O) groups excluding carboxylic acids is 1. The van der Waals surface area contributed by atoms with Crippen molar-refractivity contribution in [1.82, 2.24) is 14.8 Å². The molecule has 0 aliphatic heterocycles. The van der Waals surface area contributed by atoms with Crippen LogP contribution in [0.25, 0.3) is 11.4 Å². The summed E-state index contributed by atoms with van der Waals surface area (Å²) in [5.74, 6) is 0.851. The fraction of sp³-hybridized carbons (Fsp3) is 0.286. The van der Waals surface area contributed by atoms with Crippen molar-refractivity contribution < 1.29 is 9.90 Å².